The molecule has 1 aliphatic heterocycles. The lowest BCUT2D eigenvalue weighted by atomic mass is 10.0. The van der Waals surface area contributed by atoms with Crippen LogP contribution in [0.1, 0.15) is 11.1 Å². The van der Waals surface area contributed by atoms with Crippen molar-refractivity contribution in [3.63, 3.8) is 0 Å². The molecule has 1 heterocycles. The summed E-state index contributed by atoms with van der Waals surface area (Å²) in [7, 11) is 0. The van der Waals surface area contributed by atoms with E-state index in [0.717, 1.165) is 15.7 Å². The van der Waals surface area contributed by atoms with E-state index in [2.05, 4.69) is 21.2 Å². The quantitative estimate of drug-likeness (QED) is 0.753. The summed E-state index contributed by atoms with van der Waals surface area (Å²) in [5, 5.41) is 12.6. The number of nitrogens with one attached hydrogen (secondary N) is 1. The second kappa shape index (κ2) is 4.96. The molecule has 20 heavy (non-hydrogen) atoms. The van der Waals surface area contributed by atoms with Crippen LogP contribution in [0.5, 0.6) is 5.75 Å². The molecule has 2 aromatic carbocycles. The second-order valence-electron chi connectivity index (χ2n) is 4.38. The summed E-state index contributed by atoms with van der Waals surface area (Å²) in [5.41, 5.74) is 2.70. The van der Waals surface area contributed by atoms with Crippen LogP contribution in [0.15, 0.2) is 40.9 Å². The average Bonchev–Trinajstić information content (AvgIpc) is 2.71. The number of aromatic hydroxyl groups is 1. The summed E-state index contributed by atoms with van der Waals surface area (Å²) in [4.78, 5) is 12.0. The zero-order chi connectivity index (χ0) is 14.3. The first-order valence-electron chi connectivity index (χ1n) is 5.87. The number of rotatable bonds is 1. The van der Waals surface area contributed by atoms with Crippen LogP contribution in [-0.2, 0) is 4.79 Å². The Bertz CT molecular complexity index is 756. The Kier molecular flexibility index (Phi) is 3.28. The van der Waals surface area contributed by atoms with E-state index in [0.29, 0.717) is 11.1 Å². The molecular weight excluding hydrogens is 342 g/mol. The van der Waals surface area contributed by atoms with Crippen LogP contribution in [-0.4, -0.2) is 11.0 Å². The Morgan fingerprint density at radius 1 is 1.25 bits per heavy atom. The van der Waals surface area contributed by atoms with Gasteiger partial charge in [-0.15, -0.1) is 0 Å². The number of hydrogen-bond acceptors (Lipinski definition) is 2. The van der Waals surface area contributed by atoms with Gasteiger partial charge >= 0.3 is 0 Å². The molecule has 0 atom stereocenters. The molecule has 1 amide bonds. The van der Waals surface area contributed by atoms with Crippen molar-refractivity contribution in [1.29, 1.82) is 0 Å². The first kappa shape index (κ1) is 13.2. The summed E-state index contributed by atoms with van der Waals surface area (Å²) in [6.07, 6.45) is 1.68. The second-order valence-corrected chi connectivity index (χ2v) is 5.68. The highest BCUT2D eigenvalue weighted by Crippen LogP contribution is 2.37. The third kappa shape index (κ3) is 2.21. The first-order chi connectivity index (χ1) is 9.56. The van der Waals surface area contributed by atoms with E-state index in [-0.39, 0.29) is 16.7 Å². The Labute approximate surface area is 129 Å². The molecular formula is C15H9BrClNO2. The minimum absolute atomic E-state index is 0.00566. The lowest BCUT2D eigenvalue weighted by Gasteiger charge is -2.03. The van der Waals surface area contributed by atoms with Crippen LogP contribution in [0.4, 0.5) is 5.69 Å². The maximum Gasteiger partial charge on any atom is 0.256 e. The van der Waals surface area contributed by atoms with Crippen LogP contribution in [0.3, 0.4) is 0 Å². The van der Waals surface area contributed by atoms with Gasteiger partial charge in [0.1, 0.15) is 5.75 Å². The normalized spacial score (nSPS) is 15.3. The fourth-order valence-electron chi connectivity index (χ4n) is 2.11. The standard InChI is InChI=1S/C15H9BrClNO2/c16-9-4-5-12-10(7-9)11(15(20)18-12)6-8-2-1-3-13(19)14(8)17/h1-7,19H,(H,18,20)/b11-6-. The number of carbonyl (C=O) groups is 1. The van der Waals surface area contributed by atoms with E-state index < -0.39 is 0 Å². The first-order valence-corrected chi connectivity index (χ1v) is 7.04. The van der Waals surface area contributed by atoms with Crippen molar-refractivity contribution >= 4 is 50.8 Å². The predicted molar refractivity (Wildman–Crippen MR) is 83.8 cm³/mol. The molecule has 0 saturated carbocycles. The molecule has 1 aliphatic rings. The number of hydrogen-bond donors (Lipinski definition) is 2. The third-order valence-corrected chi connectivity index (χ3v) is 3.98. The van der Waals surface area contributed by atoms with E-state index in [1.807, 2.05) is 18.2 Å². The summed E-state index contributed by atoms with van der Waals surface area (Å²) in [6.45, 7) is 0. The van der Waals surface area contributed by atoms with Gasteiger partial charge in [-0.1, -0.05) is 39.7 Å². The van der Waals surface area contributed by atoms with Gasteiger partial charge in [-0.25, -0.2) is 0 Å². The summed E-state index contributed by atoms with van der Waals surface area (Å²) >= 11 is 9.43. The van der Waals surface area contributed by atoms with Gasteiger partial charge in [0.15, 0.2) is 0 Å². The van der Waals surface area contributed by atoms with Crippen LogP contribution in [0.2, 0.25) is 5.02 Å². The van der Waals surface area contributed by atoms with Crippen molar-refractivity contribution in [1.82, 2.24) is 0 Å². The minimum Gasteiger partial charge on any atom is -0.506 e. The molecule has 0 bridgehead atoms. The van der Waals surface area contributed by atoms with Gasteiger partial charge < -0.3 is 10.4 Å². The monoisotopic (exact) mass is 349 g/mol. The molecule has 0 fully saturated rings. The summed E-state index contributed by atoms with van der Waals surface area (Å²) in [5.74, 6) is -0.189. The van der Waals surface area contributed by atoms with Gasteiger partial charge in [0.25, 0.3) is 5.91 Å². The number of anilines is 1. The molecule has 0 spiro atoms. The van der Waals surface area contributed by atoms with E-state index in [4.69, 9.17) is 11.6 Å². The van der Waals surface area contributed by atoms with Crippen LogP contribution >= 0.6 is 27.5 Å². The number of carbonyl (C=O) groups excluding carboxylic acids is 1. The fraction of sp³-hybridized carbons (Fsp3) is 0. The van der Waals surface area contributed by atoms with E-state index in [9.17, 15) is 9.90 Å². The van der Waals surface area contributed by atoms with E-state index in [1.54, 1.807) is 18.2 Å². The third-order valence-electron chi connectivity index (χ3n) is 3.07. The number of fused-ring (bicyclic) bond motifs is 1. The maximum atomic E-state index is 12.0. The van der Waals surface area contributed by atoms with Crippen LogP contribution in [0, 0.1) is 0 Å². The number of amides is 1. The zero-order valence-electron chi connectivity index (χ0n) is 10.2. The van der Waals surface area contributed by atoms with Gasteiger partial charge in [0, 0.05) is 21.3 Å². The fourth-order valence-corrected chi connectivity index (χ4v) is 2.65. The molecule has 100 valence electrons. The lowest BCUT2D eigenvalue weighted by Crippen LogP contribution is -2.03. The number of phenolic OH excluding ortho intramolecular Hbond substituents is 1. The number of halogens is 2. The van der Waals surface area contributed by atoms with Gasteiger partial charge in [-0.3, -0.25) is 4.79 Å². The zero-order valence-corrected chi connectivity index (χ0v) is 12.5. The summed E-state index contributed by atoms with van der Waals surface area (Å²) < 4.78 is 0.889. The van der Waals surface area contributed by atoms with Crippen molar-refractivity contribution in [2.75, 3.05) is 5.32 Å². The highest BCUT2D eigenvalue weighted by Gasteiger charge is 2.24. The highest BCUT2D eigenvalue weighted by molar-refractivity contribution is 9.10. The SMILES string of the molecule is O=C1Nc2ccc(Br)cc2/C1=C/c1cccc(O)c1Cl. The molecule has 2 N–H and O–H groups in total. The van der Waals surface area contributed by atoms with Gasteiger partial charge in [0.05, 0.1) is 5.02 Å². The smallest absolute Gasteiger partial charge is 0.256 e. The molecule has 5 heteroatoms. The van der Waals surface area contributed by atoms with Crippen molar-refractivity contribution in [2.45, 2.75) is 0 Å². The predicted octanol–water partition coefficient (Wildman–Crippen LogP) is 4.30. The number of phenols is 1. The minimum atomic E-state index is -0.183. The number of benzene rings is 2. The lowest BCUT2D eigenvalue weighted by molar-refractivity contribution is -0.110. The van der Waals surface area contributed by atoms with Crippen molar-refractivity contribution in [3.8, 4) is 5.75 Å². The molecule has 0 unspecified atom stereocenters. The Morgan fingerprint density at radius 2 is 2.05 bits per heavy atom. The summed E-state index contributed by atoms with van der Waals surface area (Å²) in [6, 6.07) is 10.5. The molecule has 0 saturated heterocycles. The molecule has 0 aromatic heterocycles. The van der Waals surface area contributed by atoms with E-state index >= 15 is 0 Å². The van der Waals surface area contributed by atoms with Gasteiger partial charge in [0.2, 0.25) is 0 Å². The average molecular weight is 351 g/mol. The Balaban J connectivity index is 2.15. The Morgan fingerprint density at radius 3 is 2.85 bits per heavy atom. The Hall–Kier alpha value is -1.78. The maximum absolute atomic E-state index is 12.0. The highest BCUT2D eigenvalue weighted by atomic mass is 79.9. The largest absolute Gasteiger partial charge is 0.506 e. The van der Waals surface area contributed by atoms with Crippen molar-refractivity contribution in [2.24, 2.45) is 0 Å². The van der Waals surface area contributed by atoms with Crippen LogP contribution in [0.25, 0.3) is 11.6 Å². The van der Waals surface area contributed by atoms with Gasteiger partial charge in [-0.2, -0.15) is 0 Å². The molecule has 3 nitrogen and oxygen atoms in total. The van der Waals surface area contributed by atoms with Crippen molar-refractivity contribution < 1.29 is 9.90 Å². The van der Waals surface area contributed by atoms with Crippen molar-refractivity contribution in [3.05, 3.63) is 57.0 Å². The molecule has 0 radical (unpaired) electrons. The topological polar surface area (TPSA) is 49.3 Å². The molecule has 0 aliphatic carbocycles. The van der Waals surface area contributed by atoms with Crippen LogP contribution < -0.4 is 5.32 Å². The van der Waals surface area contributed by atoms with Gasteiger partial charge in [-0.05, 0) is 35.9 Å². The van der Waals surface area contributed by atoms with E-state index in [1.165, 1.54) is 6.07 Å². The molecule has 2 aromatic rings. The molecule has 3 rings (SSSR count).